The molecule has 1 fully saturated rings. The molecule has 1 saturated carbocycles. The number of thioether (sulfide) groups is 1. The molecule has 3 heterocycles. The van der Waals surface area contributed by atoms with Gasteiger partial charge in [0.2, 0.25) is 0 Å². The zero-order valence-corrected chi connectivity index (χ0v) is 18.6. The van der Waals surface area contributed by atoms with Gasteiger partial charge in [-0.1, -0.05) is 31.0 Å². The van der Waals surface area contributed by atoms with Gasteiger partial charge in [0.15, 0.2) is 5.16 Å². The van der Waals surface area contributed by atoms with Gasteiger partial charge in [-0.2, -0.15) is 0 Å². The summed E-state index contributed by atoms with van der Waals surface area (Å²) in [6, 6.07) is 0. The fourth-order valence-electron chi connectivity index (χ4n) is 4.46. The van der Waals surface area contributed by atoms with Crippen LogP contribution in [0.5, 0.6) is 0 Å². The zero-order valence-electron chi connectivity index (χ0n) is 16.2. The van der Waals surface area contributed by atoms with Gasteiger partial charge in [-0.05, 0) is 44.1 Å². The maximum Gasteiger partial charge on any atom is 0.262 e. The zero-order chi connectivity index (χ0) is 19.1. The van der Waals surface area contributed by atoms with Crippen LogP contribution in [0.25, 0.3) is 10.2 Å². The molecule has 7 heteroatoms. The van der Waals surface area contributed by atoms with Crippen molar-refractivity contribution in [3.05, 3.63) is 36.9 Å². The van der Waals surface area contributed by atoms with Crippen LogP contribution in [0.3, 0.4) is 0 Å². The van der Waals surface area contributed by atoms with E-state index in [2.05, 4.69) is 5.38 Å². The molecule has 0 bridgehead atoms. The molecule has 4 nitrogen and oxygen atoms in total. The minimum absolute atomic E-state index is 0.119. The molecule has 0 atom stereocenters. The van der Waals surface area contributed by atoms with Crippen molar-refractivity contribution in [3.8, 4) is 0 Å². The minimum atomic E-state index is 0.119. The first-order chi connectivity index (χ1) is 13.7. The van der Waals surface area contributed by atoms with Gasteiger partial charge in [-0.25, -0.2) is 9.97 Å². The van der Waals surface area contributed by atoms with E-state index in [0.29, 0.717) is 5.92 Å². The second-order valence-corrected chi connectivity index (χ2v) is 10.9. The normalized spacial score (nSPS) is 17.9. The lowest BCUT2D eigenvalue weighted by Crippen LogP contribution is -2.20. The van der Waals surface area contributed by atoms with Crippen LogP contribution in [-0.2, 0) is 25.6 Å². The van der Waals surface area contributed by atoms with Crippen LogP contribution in [0, 0.1) is 0 Å². The van der Waals surface area contributed by atoms with E-state index in [1.54, 1.807) is 27.7 Å². The Kier molecular flexibility index (Phi) is 5.32. The molecule has 0 saturated heterocycles. The molecule has 148 valence electrons. The molecule has 0 aromatic carbocycles. The van der Waals surface area contributed by atoms with Gasteiger partial charge in [0, 0.05) is 29.0 Å². The Balaban J connectivity index is 1.37. The number of aromatic nitrogens is 3. The van der Waals surface area contributed by atoms with Crippen LogP contribution in [0.4, 0.5) is 0 Å². The highest BCUT2D eigenvalue weighted by molar-refractivity contribution is 7.98. The van der Waals surface area contributed by atoms with Crippen LogP contribution >= 0.6 is 34.4 Å². The van der Waals surface area contributed by atoms with Crippen LogP contribution < -0.4 is 5.56 Å². The first-order valence-electron chi connectivity index (χ1n) is 10.3. The van der Waals surface area contributed by atoms with Gasteiger partial charge in [0.1, 0.15) is 4.83 Å². The summed E-state index contributed by atoms with van der Waals surface area (Å²) < 4.78 is 1.74. The van der Waals surface area contributed by atoms with Crippen molar-refractivity contribution in [2.45, 2.75) is 74.6 Å². The third kappa shape index (κ3) is 3.46. The third-order valence-electron chi connectivity index (χ3n) is 6.03. The predicted molar refractivity (Wildman–Crippen MR) is 119 cm³/mol. The number of thiophene rings is 1. The van der Waals surface area contributed by atoms with Crippen molar-refractivity contribution in [3.63, 3.8) is 0 Å². The number of nitrogens with zero attached hydrogens (tertiary/aromatic N) is 3. The Hall–Kier alpha value is -1.18. The van der Waals surface area contributed by atoms with E-state index in [9.17, 15) is 4.79 Å². The Labute approximate surface area is 177 Å². The van der Waals surface area contributed by atoms with Gasteiger partial charge >= 0.3 is 0 Å². The Bertz CT molecular complexity index is 1060. The van der Waals surface area contributed by atoms with Crippen LogP contribution in [-0.4, -0.2) is 14.5 Å². The largest absolute Gasteiger partial charge is 0.290 e. The van der Waals surface area contributed by atoms with Gasteiger partial charge in [-0.15, -0.1) is 22.7 Å². The van der Waals surface area contributed by atoms with Gasteiger partial charge in [0.05, 0.1) is 16.1 Å². The van der Waals surface area contributed by atoms with Crippen LogP contribution in [0.1, 0.15) is 72.0 Å². The molecule has 0 aliphatic heterocycles. The molecule has 28 heavy (non-hydrogen) atoms. The number of rotatable bonds is 4. The van der Waals surface area contributed by atoms with E-state index >= 15 is 0 Å². The monoisotopic (exact) mass is 431 g/mol. The summed E-state index contributed by atoms with van der Waals surface area (Å²) in [5.74, 6) is 1.44. The topological polar surface area (TPSA) is 47.8 Å². The number of hydrogen-bond donors (Lipinski definition) is 0. The second-order valence-electron chi connectivity index (χ2n) is 7.95. The maximum atomic E-state index is 13.0. The molecule has 3 aromatic heterocycles. The molecule has 3 aromatic rings. The van der Waals surface area contributed by atoms with E-state index in [0.717, 1.165) is 39.7 Å². The number of aryl methyl sites for hydroxylation is 2. The summed E-state index contributed by atoms with van der Waals surface area (Å²) >= 11 is 5.18. The lowest BCUT2D eigenvalue weighted by molar-refractivity contribution is 0.442. The summed E-state index contributed by atoms with van der Waals surface area (Å²) in [5, 5.41) is 5.18. The summed E-state index contributed by atoms with van der Waals surface area (Å²) in [6.45, 7) is 0. The maximum absolute atomic E-state index is 13.0. The summed E-state index contributed by atoms with van der Waals surface area (Å²) in [6.07, 6.45) is 11.2. The van der Waals surface area contributed by atoms with E-state index in [1.807, 2.05) is 18.4 Å². The first kappa shape index (κ1) is 18.8. The van der Waals surface area contributed by atoms with Gasteiger partial charge in [-0.3, -0.25) is 9.36 Å². The van der Waals surface area contributed by atoms with Crippen molar-refractivity contribution in [1.29, 1.82) is 0 Å². The Morgan fingerprint density at radius 3 is 2.82 bits per heavy atom. The van der Waals surface area contributed by atoms with E-state index in [-0.39, 0.29) is 5.56 Å². The van der Waals surface area contributed by atoms with Crippen molar-refractivity contribution < 1.29 is 0 Å². The molecule has 0 radical (unpaired) electrons. The molecule has 0 spiro atoms. The first-order valence-corrected chi connectivity index (χ1v) is 13.0. The van der Waals surface area contributed by atoms with Crippen molar-refractivity contribution in [2.24, 2.45) is 7.05 Å². The summed E-state index contributed by atoms with van der Waals surface area (Å²) in [5.41, 5.74) is 2.51. The lowest BCUT2D eigenvalue weighted by atomic mass is 9.90. The van der Waals surface area contributed by atoms with Crippen molar-refractivity contribution in [1.82, 2.24) is 14.5 Å². The number of fused-ring (bicyclic) bond motifs is 3. The number of hydrogen-bond acceptors (Lipinski definition) is 6. The van der Waals surface area contributed by atoms with E-state index in [1.165, 1.54) is 60.4 Å². The molecule has 2 aliphatic rings. The third-order valence-corrected chi connectivity index (χ3v) is 9.33. The van der Waals surface area contributed by atoms with Crippen molar-refractivity contribution >= 4 is 44.7 Å². The molecule has 2 aliphatic carbocycles. The molecule has 0 amide bonds. The quantitative estimate of drug-likeness (QED) is 0.394. The minimum Gasteiger partial charge on any atom is -0.290 e. The van der Waals surface area contributed by atoms with Crippen LogP contribution in [0.2, 0.25) is 0 Å². The SMILES string of the molecule is Cn1c(SCc2csc(C3CCCCC3)n2)nc2sc3c(c2c1=O)CCCC3. The average molecular weight is 432 g/mol. The molecule has 0 unspecified atom stereocenters. The molecular formula is C21H25N3OS3. The predicted octanol–water partition coefficient (Wildman–Crippen LogP) is 5.67. The highest BCUT2D eigenvalue weighted by Crippen LogP contribution is 2.36. The second kappa shape index (κ2) is 7.92. The lowest BCUT2D eigenvalue weighted by Gasteiger charge is -2.18. The average Bonchev–Trinajstić information content (AvgIpc) is 3.35. The summed E-state index contributed by atoms with van der Waals surface area (Å²) in [4.78, 5) is 25.1. The molecular weight excluding hydrogens is 406 g/mol. The van der Waals surface area contributed by atoms with Gasteiger partial charge < -0.3 is 0 Å². The van der Waals surface area contributed by atoms with Gasteiger partial charge in [0.25, 0.3) is 5.56 Å². The smallest absolute Gasteiger partial charge is 0.262 e. The standard InChI is InChI=1S/C21H25N3OS3/c1-24-20(25)17-15-9-5-6-10-16(15)28-19(17)23-21(24)27-12-14-11-26-18(22-14)13-7-3-2-4-8-13/h11,13H,2-10,12H2,1H3. The summed E-state index contributed by atoms with van der Waals surface area (Å²) in [7, 11) is 1.86. The number of thiazole rings is 1. The highest BCUT2D eigenvalue weighted by atomic mass is 32.2. The highest BCUT2D eigenvalue weighted by Gasteiger charge is 2.22. The Morgan fingerprint density at radius 2 is 1.96 bits per heavy atom. The molecule has 0 N–H and O–H groups in total. The van der Waals surface area contributed by atoms with E-state index in [4.69, 9.17) is 9.97 Å². The van der Waals surface area contributed by atoms with E-state index < -0.39 is 0 Å². The molecule has 5 rings (SSSR count). The fraction of sp³-hybridized carbons (Fsp3) is 0.571. The Morgan fingerprint density at radius 1 is 1.14 bits per heavy atom. The fourth-order valence-corrected chi connectivity index (χ4v) is 7.72. The van der Waals surface area contributed by atoms with Crippen molar-refractivity contribution in [2.75, 3.05) is 0 Å². The van der Waals surface area contributed by atoms with Crippen LogP contribution in [0.15, 0.2) is 15.3 Å².